The van der Waals surface area contributed by atoms with Crippen LogP contribution < -0.4 is 0 Å². The van der Waals surface area contributed by atoms with E-state index in [4.69, 9.17) is 9.47 Å². The maximum atomic E-state index is 12.0. The minimum atomic E-state index is -0.409. The Morgan fingerprint density at radius 3 is 2.35 bits per heavy atom. The molecule has 0 aliphatic carbocycles. The summed E-state index contributed by atoms with van der Waals surface area (Å²) in [6, 6.07) is 0. The summed E-state index contributed by atoms with van der Waals surface area (Å²) < 4.78 is 11.8. The summed E-state index contributed by atoms with van der Waals surface area (Å²) in [6.07, 6.45) is 2.52. The quantitative estimate of drug-likeness (QED) is 0.563. The van der Waals surface area contributed by atoms with E-state index in [1.54, 1.807) is 31.5 Å². The van der Waals surface area contributed by atoms with Crippen LogP contribution >= 0.6 is 15.9 Å². The number of carbonyl (C=O) groups is 2. The minimum Gasteiger partial charge on any atom is -0.462 e. The predicted molar refractivity (Wildman–Crippen MR) is 79.5 cm³/mol. The van der Waals surface area contributed by atoms with Crippen molar-refractivity contribution in [3.05, 3.63) is 23.0 Å². The number of aryl methyl sites for hydroxylation is 1. The van der Waals surface area contributed by atoms with Crippen molar-refractivity contribution in [2.45, 2.75) is 33.7 Å². The van der Waals surface area contributed by atoms with Crippen LogP contribution in [0.15, 0.2) is 6.20 Å². The number of aromatic nitrogens is 1. The molecule has 0 aromatic carbocycles. The number of hydrogen-bond acceptors (Lipinski definition) is 4. The number of halogens is 1. The molecule has 0 fully saturated rings. The van der Waals surface area contributed by atoms with Gasteiger partial charge in [-0.05, 0) is 32.8 Å². The van der Waals surface area contributed by atoms with Crippen molar-refractivity contribution in [2.75, 3.05) is 18.5 Å². The molecule has 1 heterocycles. The number of rotatable bonds is 7. The van der Waals surface area contributed by atoms with E-state index in [0.717, 1.165) is 11.8 Å². The van der Waals surface area contributed by atoms with Gasteiger partial charge in [-0.2, -0.15) is 0 Å². The molecule has 0 saturated carbocycles. The zero-order valence-electron chi connectivity index (χ0n) is 12.1. The Bertz CT molecular complexity index is 482. The van der Waals surface area contributed by atoms with Gasteiger partial charge in [0.1, 0.15) is 5.69 Å². The number of carbonyl (C=O) groups excluding carboxylic acids is 2. The van der Waals surface area contributed by atoms with Crippen LogP contribution in [0.2, 0.25) is 0 Å². The number of esters is 2. The molecular weight excluding hydrogens is 326 g/mol. The Morgan fingerprint density at radius 1 is 1.20 bits per heavy atom. The summed E-state index contributed by atoms with van der Waals surface area (Å²) in [6.45, 7) is 6.49. The first-order valence-electron chi connectivity index (χ1n) is 6.66. The van der Waals surface area contributed by atoms with Crippen LogP contribution in [0.5, 0.6) is 0 Å². The lowest BCUT2D eigenvalue weighted by Crippen LogP contribution is -2.13. The van der Waals surface area contributed by atoms with Crippen LogP contribution in [-0.2, 0) is 16.0 Å². The Hall–Kier alpha value is -1.30. The molecule has 0 saturated heterocycles. The van der Waals surface area contributed by atoms with Crippen LogP contribution in [0.4, 0.5) is 0 Å². The molecule has 1 rings (SSSR count). The largest absolute Gasteiger partial charge is 0.462 e. The lowest BCUT2D eigenvalue weighted by molar-refractivity contribution is 0.0511. The van der Waals surface area contributed by atoms with Crippen molar-refractivity contribution in [2.24, 2.45) is 0 Å². The van der Waals surface area contributed by atoms with Gasteiger partial charge in [0, 0.05) is 18.1 Å². The van der Waals surface area contributed by atoms with E-state index in [1.165, 1.54) is 0 Å². The molecule has 0 aliphatic rings. The summed E-state index contributed by atoms with van der Waals surface area (Å²) in [5, 5.41) is 0.821. The van der Waals surface area contributed by atoms with Gasteiger partial charge in [0.15, 0.2) is 0 Å². The first-order chi connectivity index (χ1) is 9.56. The molecule has 112 valence electrons. The first-order valence-corrected chi connectivity index (χ1v) is 7.78. The van der Waals surface area contributed by atoms with Crippen molar-refractivity contribution in [1.29, 1.82) is 0 Å². The molecule has 1 aromatic heterocycles. The van der Waals surface area contributed by atoms with E-state index in [2.05, 4.69) is 15.9 Å². The second-order valence-electron chi connectivity index (χ2n) is 4.19. The fourth-order valence-corrected chi connectivity index (χ4v) is 2.20. The smallest absolute Gasteiger partial charge is 0.355 e. The SMILES string of the molecule is CCOC(=O)c1cn(CCCBr)c(C(=O)OCC)c1C. The maximum Gasteiger partial charge on any atom is 0.355 e. The summed E-state index contributed by atoms with van der Waals surface area (Å²) >= 11 is 3.36. The molecule has 0 bridgehead atoms. The third-order valence-electron chi connectivity index (χ3n) is 2.83. The third kappa shape index (κ3) is 3.85. The van der Waals surface area contributed by atoms with Gasteiger partial charge in [-0.3, -0.25) is 0 Å². The Balaban J connectivity index is 3.16. The second-order valence-corrected chi connectivity index (χ2v) is 4.99. The van der Waals surface area contributed by atoms with Crippen molar-refractivity contribution >= 4 is 27.9 Å². The van der Waals surface area contributed by atoms with E-state index in [9.17, 15) is 9.59 Å². The fraction of sp³-hybridized carbons (Fsp3) is 0.571. The average Bonchev–Trinajstić information content (AvgIpc) is 2.74. The summed E-state index contributed by atoms with van der Waals surface area (Å²) in [5.74, 6) is -0.816. The first kappa shape index (κ1) is 16.8. The number of ether oxygens (including phenoxy) is 2. The van der Waals surface area contributed by atoms with Gasteiger partial charge in [-0.1, -0.05) is 15.9 Å². The maximum absolute atomic E-state index is 12.0. The average molecular weight is 346 g/mol. The highest BCUT2D eigenvalue weighted by atomic mass is 79.9. The van der Waals surface area contributed by atoms with E-state index >= 15 is 0 Å². The van der Waals surface area contributed by atoms with Crippen LogP contribution in [-0.4, -0.2) is 35.0 Å². The Labute approximate surface area is 127 Å². The molecule has 0 N–H and O–H groups in total. The zero-order chi connectivity index (χ0) is 15.1. The molecule has 0 amide bonds. The van der Waals surface area contributed by atoms with Crippen molar-refractivity contribution in [1.82, 2.24) is 4.57 Å². The van der Waals surface area contributed by atoms with E-state index in [0.29, 0.717) is 36.6 Å². The van der Waals surface area contributed by atoms with Gasteiger partial charge < -0.3 is 14.0 Å². The van der Waals surface area contributed by atoms with Crippen molar-refractivity contribution in [3.63, 3.8) is 0 Å². The van der Waals surface area contributed by atoms with E-state index < -0.39 is 11.9 Å². The van der Waals surface area contributed by atoms with Crippen LogP contribution in [0.3, 0.4) is 0 Å². The van der Waals surface area contributed by atoms with Gasteiger partial charge in [0.25, 0.3) is 0 Å². The predicted octanol–water partition coefficient (Wildman–Crippen LogP) is 2.93. The molecule has 1 aromatic rings. The summed E-state index contributed by atoms with van der Waals surface area (Å²) in [7, 11) is 0. The second kappa shape index (κ2) is 8.09. The van der Waals surface area contributed by atoms with E-state index in [-0.39, 0.29) is 0 Å². The van der Waals surface area contributed by atoms with Gasteiger partial charge in [-0.15, -0.1) is 0 Å². The molecule has 0 atom stereocenters. The minimum absolute atomic E-state index is 0.302. The fourth-order valence-electron chi connectivity index (χ4n) is 1.95. The number of hydrogen-bond donors (Lipinski definition) is 0. The molecule has 6 heteroatoms. The van der Waals surface area contributed by atoms with Crippen molar-refractivity contribution < 1.29 is 19.1 Å². The lowest BCUT2D eigenvalue weighted by Gasteiger charge is -2.08. The summed E-state index contributed by atoms with van der Waals surface area (Å²) in [5.41, 5.74) is 1.46. The molecule has 0 unspecified atom stereocenters. The van der Waals surface area contributed by atoms with Gasteiger partial charge in [0.2, 0.25) is 0 Å². The van der Waals surface area contributed by atoms with Crippen molar-refractivity contribution in [3.8, 4) is 0 Å². The van der Waals surface area contributed by atoms with Gasteiger partial charge >= 0.3 is 11.9 Å². The molecular formula is C14H20BrNO4. The normalized spacial score (nSPS) is 10.4. The standard InChI is InChI=1S/C14H20BrNO4/c1-4-19-13(17)11-9-16(8-6-7-15)12(10(11)3)14(18)20-5-2/h9H,4-8H2,1-3H3. The Morgan fingerprint density at radius 2 is 1.80 bits per heavy atom. The molecule has 0 spiro atoms. The number of alkyl halides is 1. The topological polar surface area (TPSA) is 57.5 Å². The van der Waals surface area contributed by atoms with E-state index in [1.807, 2.05) is 0 Å². The molecule has 0 aliphatic heterocycles. The van der Waals surface area contributed by atoms with Gasteiger partial charge in [-0.25, -0.2) is 9.59 Å². The highest BCUT2D eigenvalue weighted by Crippen LogP contribution is 2.20. The molecule has 5 nitrogen and oxygen atoms in total. The summed E-state index contributed by atoms with van der Waals surface area (Å²) in [4.78, 5) is 23.9. The monoisotopic (exact) mass is 345 g/mol. The van der Waals surface area contributed by atoms with Crippen LogP contribution in [0.1, 0.15) is 46.7 Å². The number of nitrogens with zero attached hydrogens (tertiary/aromatic N) is 1. The van der Waals surface area contributed by atoms with Crippen LogP contribution in [0.25, 0.3) is 0 Å². The molecule has 0 radical (unpaired) electrons. The van der Waals surface area contributed by atoms with Crippen LogP contribution in [0, 0.1) is 6.92 Å². The lowest BCUT2D eigenvalue weighted by atomic mass is 10.1. The third-order valence-corrected chi connectivity index (χ3v) is 3.39. The highest BCUT2D eigenvalue weighted by Gasteiger charge is 2.23. The molecule has 20 heavy (non-hydrogen) atoms. The Kier molecular flexibility index (Phi) is 6.78. The van der Waals surface area contributed by atoms with Gasteiger partial charge in [0.05, 0.1) is 18.8 Å². The highest BCUT2D eigenvalue weighted by molar-refractivity contribution is 9.09. The zero-order valence-corrected chi connectivity index (χ0v) is 13.7.